The number of carbonyl (C=O) groups is 2. The molecule has 1 aliphatic heterocycles. The minimum Gasteiger partial charge on any atom is -0.487 e. The Morgan fingerprint density at radius 1 is 1.35 bits per heavy atom. The first-order valence-electron chi connectivity index (χ1n) is 9.67. The Morgan fingerprint density at radius 3 is 3.00 bits per heavy atom. The van der Waals surface area contributed by atoms with Gasteiger partial charge in [-0.15, -0.1) is 11.3 Å². The summed E-state index contributed by atoms with van der Waals surface area (Å²) < 4.78 is 5.40. The number of aliphatic hydroxyl groups is 1. The van der Waals surface area contributed by atoms with E-state index in [9.17, 15) is 24.6 Å². The number of H-pyrrole nitrogens is 1. The highest BCUT2D eigenvalue weighted by Crippen LogP contribution is 2.42. The molecule has 0 saturated heterocycles. The summed E-state index contributed by atoms with van der Waals surface area (Å²) in [4.78, 5) is 44.7. The number of nitrogens with one attached hydrogen (secondary N) is 3. The lowest BCUT2D eigenvalue weighted by Crippen LogP contribution is -2.31. The first kappa shape index (κ1) is 19.5. The number of hydrogen-bond donors (Lipinski definition) is 5. The fraction of sp³-hybridized carbons (Fsp3) is 0.300. The average molecular weight is 442 g/mol. The Balaban J connectivity index is 1.37. The number of nitrogens with zero attached hydrogens (tertiary/aromatic N) is 1. The number of thiophene rings is 1. The van der Waals surface area contributed by atoms with E-state index >= 15 is 0 Å². The number of carboxylic acids is 1. The van der Waals surface area contributed by atoms with Gasteiger partial charge in [-0.2, -0.15) is 0 Å². The van der Waals surface area contributed by atoms with Crippen LogP contribution in [0, 0.1) is 0 Å². The smallest absolute Gasteiger partial charge is 0.311 e. The molecule has 0 saturated carbocycles. The molecular weight excluding hydrogens is 424 g/mol. The molecule has 1 aromatic carbocycles. The highest BCUT2D eigenvalue weighted by molar-refractivity contribution is 7.18. The molecule has 160 valence electrons. The number of amides is 1. The molecule has 3 aromatic rings. The van der Waals surface area contributed by atoms with Crippen molar-refractivity contribution in [2.24, 2.45) is 0 Å². The van der Waals surface area contributed by atoms with Crippen LogP contribution in [0.1, 0.15) is 39.0 Å². The van der Waals surface area contributed by atoms with Crippen LogP contribution >= 0.6 is 11.3 Å². The van der Waals surface area contributed by atoms with Gasteiger partial charge in [-0.05, 0) is 36.1 Å². The van der Waals surface area contributed by atoms with Crippen molar-refractivity contribution < 1.29 is 24.5 Å². The molecule has 3 heterocycles. The van der Waals surface area contributed by atoms with Gasteiger partial charge in [-0.3, -0.25) is 14.4 Å². The van der Waals surface area contributed by atoms with Crippen molar-refractivity contribution in [2.45, 2.75) is 31.5 Å². The number of rotatable bonds is 4. The Bertz CT molecular complexity index is 1280. The van der Waals surface area contributed by atoms with Crippen molar-refractivity contribution in [3.63, 3.8) is 0 Å². The molecular formula is C20H18N4O6S. The van der Waals surface area contributed by atoms with Gasteiger partial charge >= 0.3 is 5.97 Å². The summed E-state index contributed by atoms with van der Waals surface area (Å²) in [5, 5.41) is 24.9. The van der Waals surface area contributed by atoms with Crippen molar-refractivity contribution in [1.82, 2.24) is 15.3 Å². The number of aryl methyl sites for hydroxylation is 1. The fourth-order valence-electron chi connectivity index (χ4n) is 3.99. The van der Waals surface area contributed by atoms with Crippen LogP contribution in [0.4, 0.5) is 5.69 Å². The van der Waals surface area contributed by atoms with Gasteiger partial charge in [0.25, 0.3) is 11.5 Å². The molecule has 1 aliphatic carbocycles. The van der Waals surface area contributed by atoms with E-state index in [0.717, 1.165) is 10.4 Å². The van der Waals surface area contributed by atoms with Crippen molar-refractivity contribution in [3.8, 4) is 5.75 Å². The van der Waals surface area contributed by atoms with E-state index in [4.69, 9.17) is 4.74 Å². The lowest BCUT2D eigenvalue weighted by atomic mass is 10.0. The third kappa shape index (κ3) is 3.41. The van der Waals surface area contributed by atoms with Gasteiger partial charge in [0.05, 0.1) is 17.0 Å². The maximum absolute atomic E-state index is 12.7. The van der Waals surface area contributed by atoms with E-state index in [1.165, 1.54) is 11.3 Å². The van der Waals surface area contributed by atoms with Gasteiger partial charge in [0, 0.05) is 11.4 Å². The van der Waals surface area contributed by atoms with Gasteiger partial charge in [0.15, 0.2) is 6.23 Å². The number of fused-ring (bicyclic) bond motifs is 4. The summed E-state index contributed by atoms with van der Waals surface area (Å²) in [6.45, 7) is 0.331. The first-order valence-corrected chi connectivity index (χ1v) is 10.5. The van der Waals surface area contributed by atoms with Crippen LogP contribution < -0.4 is 20.9 Å². The Kier molecular flexibility index (Phi) is 4.63. The second-order valence-corrected chi connectivity index (χ2v) is 8.53. The standard InChI is InChI=1S/C20H18N4O6S/c25-13-7-30-11-3-1-8(5-10(11)22-13)6-21-18(27)16-23-17(26)15-14-9(20(28)29)2-4-12(14)31-19(15)24-16/h1,3,5,9,13,22,25H,2,4,6-7H2,(H,21,27)(H,28,29)(H,23,24,26)/t9-,13?/m0/s1. The number of ether oxygens (including phenoxy) is 1. The summed E-state index contributed by atoms with van der Waals surface area (Å²) >= 11 is 1.26. The van der Waals surface area contributed by atoms with Crippen molar-refractivity contribution in [1.29, 1.82) is 0 Å². The number of aliphatic carboxylic acids is 1. The van der Waals surface area contributed by atoms with E-state index in [2.05, 4.69) is 20.6 Å². The highest BCUT2D eigenvalue weighted by atomic mass is 32.1. The number of anilines is 1. The van der Waals surface area contributed by atoms with Gasteiger partial charge < -0.3 is 30.6 Å². The molecule has 1 unspecified atom stereocenters. The maximum atomic E-state index is 12.7. The second-order valence-electron chi connectivity index (χ2n) is 7.45. The maximum Gasteiger partial charge on any atom is 0.311 e. The topological polar surface area (TPSA) is 154 Å². The van der Waals surface area contributed by atoms with Gasteiger partial charge in [-0.1, -0.05) is 6.07 Å². The minimum absolute atomic E-state index is 0.126. The van der Waals surface area contributed by atoms with Crippen molar-refractivity contribution in [3.05, 3.63) is 50.4 Å². The molecule has 2 atom stereocenters. The molecule has 0 spiro atoms. The van der Waals surface area contributed by atoms with Crippen LogP contribution in [0.25, 0.3) is 10.2 Å². The zero-order chi connectivity index (χ0) is 21.7. The third-order valence-electron chi connectivity index (χ3n) is 5.41. The Hall–Kier alpha value is -3.44. The molecule has 0 radical (unpaired) electrons. The zero-order valence-corrected chi connectivity index (χ0v) is 16.9. The molecule has 31 heavy (non-hydrogen) atoms. The molecule has 0 bridgehead atoms. The zero-order valence-electron chi connectivity index (χ0n) is 16.1. The summed E-state index contributed by atoms with van der Waals surface area (Å²) in [5.74, 6) is -1.74. The molecule has 2 aromatic heterocycles. The van der Waals surface area contributed by atoms with Gasteiger partial charge in [-0.25, -0.2) is 4.98 Å². The van der Waals surface area contributed by atoms with Gasteiger partial charge in [0.2, 0.25) is 5.82 Å². The molecule has 5 rings (SSSR count). The average Bonchev–Trinajstić information content (AvgIpc) is 3.30. The second kappa shape index (κ2) is 7.36. The fourth-order valence-corrected chi connectivity index (χ4v) is 5.23. The van der Waals surface area contributed by atoms with Crippen LogP contribution in [-0.2, 0) is 17.8 Å². The van der Waals surface area contributed by atoms with E-state index in [1.807, 2.05) is 0 Å². The minimum atomic E-state index is -0.961. The number of aromatic amines is 1. The van der Waals surface area contributed by atoms with E-state index < -0.39 is 29.6 Å². The first-order chi connectivity index (χ1) is 14.9. The summed E-state index contributed by atoms with van der Waals surface area (Å²) in [5.41, 5.74) is 1.41. The number of hydrogen-bond acceptors (Lipinski definition) is 8. The van der Waals surface area contributed by atoms with E-state index in [1.54, 1.807) is 18.2 Å². The lowest BCUT2D eigenvalue weighted by molar-refractivity contribution is -0.138. The Labute approximate surface area is 178 Å². The molecule has 1 amide bonds. The van der Waals surface area contributed by atoms with Crippen LogP contribution in [0.3, 0.4) is 0 Å². The number of aliphatic hydroxyl groups excluding tert-OH is 1. The summed E-state index contributed by atoms with van der Waals surface area (Å²) in [6, 6.07) is 5.29. The van der Waals surface area contributed by atoms with E-state index in [-0.39, 0.29) is 24.4 Å². The molecule has 11 heteroatoms. The van der Waals surface area contributed by atoms with Crippen molar-refractivity contribution in [2.75, 3.05) is 11.9 Å². The number of aromatic nitrogens is 2. The third-order valence-corrected chi connectivity index (χ3v) is 6.57. The summed E-state index contributed by atoms with van der Waals surface area (Å²) in [6.07, 6.45) is 0.247. The largest absolute Gasteiger partial charge is 0.487 e. The SMILES string of the molecule is O=C(NCc1ccc2c(c1)NC(O)CO2)c1nc2sc3c(c2c(=O)[nH]1)[C@@H](C(=O)O)CC3. The number of benzene rings is 1. The molecule has 2 aliphatic rings. The quantitative estimate of drug-likeness (QED) is 0.403. The van der Waals surface area contributed by atoms with Crippen LogP contribution in [-0.4, -0.2) is 44.9 Å². The molecule has 0 fully saturated rings. The molecule has 5 N–H and O–H groups in total. The predicted octanol–water partition coefficient (Wildman–Crippen LogP) is 1.15. The normalized spacial score (nSPS) is 19.3. The lowest BCUT2D eigenvalue weighted by Gasteiger charge is -2.24. The van der Waals surface area contributed by atoms with Crippen molar-refractivity contribution >= 4 is 39.1 Å². The summed E-state index contributed by atoms with van der Waals surface area (Å²) in [7, 11) is 0. The molecule has 10 nitrogen and oxygen atoms in total. The van der Waals surface area contributed by atoms with Crippen LogP contribution in [0.5, 0.6) is 5.75 Å². The predicted molar refractivity (Wildman–Crippen MR) is 112 cm³/mol. The number of carboxylic acid groups (broad SMARTS) is 1. The van der Waals surface area contributed by atoms with E-state index in [0.29, 0.717) is 34.7 Å². The van der Waals surface area contributed by atoms with Crippen LogP contribution in [0.15, 0.2) is 23.0 Å². The number of carbonyl (C=O) groups excluding carboxylic acids is 1. The highest BCUT2D eigenvalue weighted by Gasteiger charge is 2.34. The Morgan fingerprint density at radius 2 is 2.19 bits per heavy atom. The monoisotopic (exact) mass is 442 g/mol. The van der Waals surface area contributed by atoms with Crippen LogP contribution in [0.2, 0.25) is 0 Å². The van der Waals surface area contributed by atoms with Gasteiger partial charge in [0.1, 0.15) is 17.2 Å².